The molecule has 31 heavy (non-hydrogen) atoms. The summed E-state index contributed by atoms with van der Waals surface area (Å²) in [6.45, 7) is 6.29. The molecule has 2 aromatic heterocycles. The highest BCUT2D eigenvalue weighted by Crippen LogP contribution is 2.24. The predicted octanol–water partition coefficient (Wildman–Crippen LogP) is 4.31. The number of carbonyl (C=O) groups excluding carboxylic acids is 3. The molecule has 0 fully saturated rings. The summed E-state index contributed by atoms with van der Waals surface area (Å²) in [6.07, 6.45) is 2.05. The second-order valence-electron chi connectivity index (χ2n) is 7.03. The van der Waals surface area contributed by atoms with Crippen molar-refractivity contribution in [3.8, 4) is 5.69 Å². The van der Waals surface area contributed by atoms with Crippen molar-refractivity contribution in [3.05, 3.63) is 64.5 Å². The Kier molecular flexibility index (Phi) is 6.45. The van der Waals surface area contributed by atoms with Gasteiger partial charge in [0.05, 0.1) is 11.9 Å². The minimum atomic E-state index is -1.10. The molecule has 0 saturated carbocycles. The van der Waals surface area contributed by atoms with Crippen molar-refractivity contribution in [1.29, 1.82) is 0 Å². The molecule has 1 N–H and O–H groups in total. The van der Waals surface area contributed by atoms with Crippen LogP contribution in [0.4, 0.5) is 4.39 Å². The van der Waals surface area contributed by atoms with E-state index in [2.05, 4.69) is 9.97 Å². The van der Waals surface area contributed by atoms with E-state index in [0.717, 1.165) is 0 Å². The van der Waals surface area contributed by atoms with Gasteiger partial charge in [-0.3, -0.25) is 14.2 Å². The lowest BCUT2D eigenvalue weighted by Crippen LogP contribution is -2.26. The van der Waals surface area contributed by atoms with E-state index in [1.54, 1.807) is 24.7 Å². The first-order valence-electron chi connectivity index (χ1n) is 9.48. The highest BCUT2D eigenvalue weighted by molar-refractivity contribution is 7.98. The van der Waals surface area contributed by atoms with E-state index in [1.807, 2.05) is 0 Å². The smallest absolute Gasteiger partial charge is 0.357 e. The number of nitrogens with one attached hydrogen (secondary N) is 1. The van der Waals surface area contributed by atoms with Gasteiger partial charge in [0.25, 0.3) is 0 Å². The molecule has 0 bridgehead atoms. The number of thioether (sulfide) groups is 1. The number of ether oxygens (including phenoxy) is 1. The van der Waals surface area contributed by atoms with E-state index < -0.39 is 23.7 Å². The number of aryl methyl sites for hydroxylation is 1. The molecule has 0 radical (unpaired) electrons. The van der Waals surface area contributed by atoms with Gasteiger partial charge in [0.15, 0.2) is 22.7 Å². The number of hydrogen-bond acceptors (Lipinski definition) is 6. The molecule has 0 aliphatic rings. The summed E-state index contributed by atoms with van der Waals surface area (Å²) in [5.74, 6) is -1.74. The number of imidazole rings is 1. The van der Waals surface area contributed by atoms with Gasteiger partial charge in [-0.25, -0.2) is 14.2 Å². The van der Waals surface area contributed by atoms with Gasteiger partial charge in [0, 0.05) is 16.9 Å². The first kappa shape index (κ1) is 22.5. The van der Waals surface area contributed by atoms with Crippen LogP contribution in [0.1, 0.15) is 56.4 Å². The number of carbonyl (C=O) groups is 3. The fraction of sp³-hybridized carbons (Fsp3) is 0.273. The number of benzene rings is 1. The molecule has 0 aliphatic carbocycles. The maximum atomic E-state index is 13.3. The van der Waals surface area contributed by atoms with Gasteiger partial charge in [-0.1, -0.05) is 11.8 Å². The third-order valence-corrected chi connectivity index (χ3v) is 5.55. The quantitative estimate of drug-likeness (QED) is 0.332. The Balaban J connectivity index is 1.88. The second kappa shape index (κ2) is 8.89. The molecule has 9 heteroatoms. The zero-order valence-corrected chi connectivity index (χ0v) is 18.6. The third-order valence-electron chi connectivity index (χ3n) is 4.90. The fourth-order valence-corrected chi connectivity index (χ4v) is 4.01. The van der Waals surface area contributed by atoms with E-state index in [0.29, 0.717) is 27.7 Å². The fourth-order valence-electron chi connectivity index (χ4n) is 3.46. The van der Waals surface area contributed by atoms with Gasteiger partial charge in [-0.2, -0.15) is 0 Å². The van der Waals surface area contributed by atoms with Crippen molar-refractivity contribution in [3.63, 3.8) is 0 Å². The van der Waals surface area contributed by atoms with E-state index in [9.17, 15) is 18.8 Å². The van der Waals surface area contributed by atoms with Crippen LogP contribution in [0.25, 0.3) is 5.69 Å². The van der Waals surface area contributed by atoms with Gasteiger partial charge in [-0.05, 0) is 63.8 Å². The van der Waals surface area contributed by atoms with Gasteiger partial charge in [0.1, 0.15) is 5.82 Å². The minimum Gasteiger partial charge on any atom is -0.449 e. The average molecular weight is 444 g/mol. The van der Waals surface area contributed by atoms with Crippen LogP contribution in [0.15, 0.2) is 35.6 Å². The first-order chi connectivity index (χ1) is 14.6. The van der Waals surface area contributed by atoms with Crippen LogP contribution in [0.5, 0.6) is 0 Å². The SMILES string of the molecule is CSc1ncc(C(=O)OC(C)C(=O)c2[nH]c(C)c(C(C)=O)c2C)n1-c1ccc(F)cc1. The van der Waals surface area contributed by atoms with Crippen LogP contribution in [0.3, 0.4) is 0 Å². The summed E-state index contributed by atoms with van der Waals surface area (Å²) in [7, 11) is 0. The summed E-state index contributed by atoms with van der Waals surface area (Å²) < 4.78 is 20.3. The van der Waals surface area contributed by atoms with Crippen molar-refractivity contribution >= 4 is 29.3 Å². The van der Waals surface area contributed by atoms with E-state index >= 15 is 0 Å². The number of esters is 1. The number of nitrogens with zero attached hydrogens (tertiary/aromatic N) is 2. The van der Waals surface area contributed by atoms with E-state index in [1.165, 1.54) is 56.1 Å². The summed E-state index contributed by atoms with van der Waals surface area (Å²) in [5.41, 5.74) is 2.46. The van der Waals surface area contributed by atoms with Crippen LogP contribution in [-0.2, 0) is 4.74 Å². The Bertz CT molecular complexity index is 1160. The lowest BCUT2D eigenvalue weighted by atomic mass is 10.0. The number of aromatic nitrogens is 3. The Morgan fingerprint density at radius 2 is 1.84 bits per heavy atom. The Morgan fingerprint density at radius 1 is 1.19 bits per heavy atom. The van der Waals surface area contributed by atoms with Gasteiger partial charge in [0.2, 0.25) is 5.78 Å². The van der Waals surface area contributed by atoms with Crippen molar-refractivity contribution in [1.82, 2.24) is 14.5 Å². The van der Waals surface area contributed by atoms with Crippen molar-refractivity contribution in [2.24, 2.45) is 0 Å². The van der Waals surface area contributed by atoms with Gasteiger partial charge in [-0.15, -0.1) is 0 Å². The molecule has 0 spiro atoms. The Morgan fingerprint density at radius 3 is 2.39 bits per heavy atom. The molecule has 0 amide bonds. The Hall–Kier alpha value is -3.20. The zero-order chi connectivity index (χ0) is 22.9. The maximum absolute atomic E-state index is 13.3. The average Bonchev–Trinajstić information content (AvgIpc) is 3.28. The number of Topliss-reactive ketones (excluding diaryl/α,β-unsaturated/α-hetero) is 2. The van der Waals surface area contributed by atoms with Crippen LogP contribution in [0, 0.1) is 19.7 Å². The monoisotopic (exact) mass is 443 g/mol. The number of ketones is 2. The van der Waals surface area contributed by atoms with Crippen LogP contribution in [0.2, 0.25) is 0 Å². The minimum absolute atomic E-state index is 0.111. The van der Waals surface area contributed by atoms with Gasteiger partial charge >= 0.3 is 5.97 Å². The summed E-state index contributed by atoms with van der Waals surface area (Å²) in [5, 5.41) is 0.513. The molecule has 7 nitrogen and oxygen atoms in total. The number of rotatable bonds is 7. The lowest BCUT2D eigenvalue weighted by molar-refractivity contribution is 0.0308. The molecule has 162 valence electrons. The third kappa shape index (κ3) is 4.32. The predicted molar refractivity (Wildman–Crippen MR) is 115 cm³/mol. The number of hydrogen-bond donors (Lipinski definition) is 1. The van der Waals surface area contributed by atoms with Crippen molar-refractivity contribution in [2.75, 3.05) is 6.26 Å². The number of H-pyrrole nitrogens is 1. The topological polar surface area (TPSA) is 94.1 Å². The standard InChI is InChI=1S/C22H22FN3O4S/c1-11-18(13(3)27)12(2)25-19(11)20(28)14(4)30-21(29)17-10-24-22(31-5)26(17)16-8-6-15(23)7-9-16/h6-10,14,25H,1-5H3. The molecule has 0 saturated heterocycles. The molecule has 3 aromatic rings. The molecular formula is C22H22FN3O4S. The summed E-state index contributed by atoms with van der Waals surface area (Å²) in [6, 6.07) is 5.61. The van der Waals surface area contributed by atoms with E-state index in [4.69, 9.17) is 4.74 Å². The van der Waals surface area contributed by atoms with E-state index in [-0.39, 0.29) is 17.2 Å². The van der Waals surface area contributed by atoms with Crippen LogP contribution < -0.4 is 0 Å². The highest BCUT2D eigenvalue weighted by atomic mass is 32.2. The molecule has 1 aromatic carbocycles. The van der Waals surface area contributed by atoms with Crippen LogP contribution >= 0.6 is 11.8 Å². The number of halogens is 1. The molecule has 3 rings (SSSR count). The van der Waals surface area contributed by atoms with Crippen molar-refractivity contribution in [2.45, 2.75) is 39.0 Å². The van der Waals surface area contributed by atoms with Gasteiger partial charge < -0.3 is 9.72 Å². The largest absolute Gasteiger partial charge is 0.449 e. The first-order valence-corrected chi connectivity index (χ1v) is 10.7. The Labute approximate surface area is 183 Å². The maximum Gasteiger partial charge on any atom is 0.357 e. The summed E-state index contributed by atoms with van der Waals surface area (Å²) in [4.78, 5) is 44.7. The molecule has 2 heterocycles. The lowest BCUT2D eigenvalue weighted by Gasteiger charge is -2.14. The molecule has 1 unspecified atom stereocenters. The highest BCUT2D eigenvalue weighted by Gasteiger charge is 2.28. The zero-order valence-electron chi connectivity index (χ0n) is 17.8. The molecular weight excluding hydrogens is 421 g/mol. The molecule has 0 aliphatic heterocycles. The molecule has 1 atom stereocenters. The summed E-state index contributed by atoms with van der Waals surface area (Å²) >= 11 is 1.31. The van der Waals surface area contributed by atoms with Crippen LogP contribution in [-0.4, -0.2) is 44.4 Å². The van der Waals surface area contributed by atoms with Crippen molar-refractivity contribution < 1.29 is 23.5 Å². The normalized spacial score (nSPS) is 11.9. The second-order valence-corrected chi connectivity index (χ2v) is 7.81. The number of aromatic amines is 1.